The number of nitrogens with zero attached hydrogens (tertiary/aromatic N) is 3. The van der Waals surface area contributed by atoms with Crippen molar-refractivity contribution in [1.29, 1.82) is 0 Å². The summed E-state index contributed by atoms with van der Waals surface area (Å²) in [5.74, 6) is -0.401. The van der Waals surface area contributed by atoms with E-state index in [2.05, 4.69) is 0 Å². The summed E-state index contributed by atoms with van der Waals surface area (Å²) >= 11 is 18.5. The minimum Gasteiger partial charge on any atom is -0.506 e. The fraction of sp³-hybridized carbons (Fsp3) is 0.0952. The van der Waals surface area contributed by atoms with Gasteiger partial charge in [-0.15, -0.1) is 0 Å². The van der Waals surface area contributed by atoms with Gasteiger partial charge in [-0.2, -0.15) is 5.01 Å². The fourth-order valence-electron chi connectivity index (χ4n) is 3.30. The van der Waals surface area contributed by atoms with E-state index in [-0.39, 0.29) is 38.0 Å². The maximum Gasteiger partial charge on any atom is 0.156 e. The van der Waals surface area contributed by atoms with Crippen LogP contribution in [0.3, 0.4) is 0 Å². The number of amidine groups is 1. The van der Waals surface area contributed by atoms with Crippen LogP contribution in [0.4, 0.5) is 10.1 Å². The Morgan fingerprint density at radius 1 is 0.900 bits per heavy atom. The number of halogens is 4. The van der Waals surface area contributed by atoms with Gasteiger partial charge in [-0.05, 0) is 48.0 Å². The Bertz CT molecular complexity index is 1150. The lowest BCUT2D eigenvalue weighted by Crippen LogP contribution is -2.40. The van der Waals surface area contributed by atoms with E-state index in [9.17, 15) is 14.6 Å². The van der Waals surface area contributed by atoms with Gasteiger partial charge in [0.2, 0.25) is 0 Å². The summed E-state index contributed by atoms with van der Waals surface area (Å²) in [7, 11) is 1.76. The number of aromatic hydroxyl groups is 2. The lowest BCUT2D eigenvalue weighted by atomic mass is 10.1. The molecule has 1 heterocycles. The number of phenolic OH excluding ortho intramolecular Hbond substituents is 2. The van der Waals surface area contributed by atoms with Crippen LogP contribution in [-0.2, 0) is 0 Å². The van der Waals surface area contributed by atoms with Gasteiger partial charge in [0.25, 0.3) is 0 Å². The van der Waals surface area contributed by atoms with Crippen LogP contribution in [0, 0.1) is 5.82 Å². The van der Waals surface area contributed by atoms with Crippen LogP contribution in [0.5, 0.6) is 11.5 Å². The van der Waals surface area contributed by atoms with Crippen LogP contribution in [0.15, 0.2) is 59.6 Å². The average molecular weight is 467 g/mol. The maximum atomic E-state index is 14.8. The van der Waals surface area contributed by atoms with E-state index in [1.807, 2.05) is 0 Å². The number of benzene rings is 3. The predicted molar refractivity (Wildman–Crippen MR) is 117 cm³/mol. The van der Waals surface area contributed by atoms with Gasteiger partial charge in [-0.3, -0.25) is 5.01 Å². The molecule has 0 saturated heterocycles. The summed E-state index contributed by atoms with van der Waals surface area (Å²) in [6, 6.07) is 13.8. The first-order chi connectivity index (χ1) is 14.3. The molecular weight excluding hydrogens is 452 g/mol. The molecule has 30 heavy (non-hydrogen) atoms. The molecule has 3 aromatic carbocycles. The van der Waals surface area contributed by atoms with Gasteiger partial charge in [0, 0.05) is 7.05 Å². The first-order valence-electron chi connectivity index (χ1n) is 8.80. The zero-order valence-corrected chi connectivity index (χ0v) is 17.8. The minimum atomic E-state index is -0.582. The summed E-state index contributed by atoms with van der Waals surface area (Å²) in [6.07, 6.45) is -0.582. The van der Waals surface area contributed by atoms with Crippen LogP contribution in [0.25, 0.3) is 0 Å². The van der Waals surface area contributed by atoms with Gasteiger partial charge in [-0.1, -0.05) is 46.9 Å². The van der Waals surface area contributed by atoms with Crippen LogP contribution in [-0.4, -0.2) is 28.1 Å². The van der Waals surface area contributed by atoms with Gasteiger partial charge in [0.05, 0.1) is 26.3 Å². The van der Waals surface area contributed by atoms with Crippen LogP contribution in [0.2, 0.25) is 15.1 Å². The molecule has 2 N–H and O–H groups in total. The highest BCUT2D eigenvalue weighted by Crippen LogP contribution is 2.39. The lowest BCUT2D eigenvalue weighted by molar-refractivity contribution is 0.288. The number of hydrazine groups is 1. The quantitative estimate of drug-likeness (QED) is 0.496. The Balaban J connectivity index is 1.90. The Labute approximate surface area is 187 Å². The summed E-state index contributed by atoms with van der Waals surface area (Å²) in [5, 5.41) is 23.5. The van der Waals surface area contributed by atoms with Crippen molar-refractivity contribution in [2.75, 3.05) is 12.1 Å². The highest BCUT2D eigenvalue weighted by atomic mass is 35.5. The number of aliphatic imine (C=N–C) groups is 1. The Kier molecular flexibility index (Phi) is 5.51. The number of hydrogen-bond acceptors (Lipinski definition) is 5. The molecule has 9 heteroatoms. The van der Waals surface area contributed by atoms with E-state index in [1.165, 1.54) is 24.3 Å². The second-order valence-electron chi connectivity index (χ2n) is 6.66. The number of phenols is 2. The molecular formula is C21H15Cl3FN3O2. The summed E-state index contributed by atoms with van der Waals surface area (Å²) in [6.45, 7) is 0. The van der Waals surface area contributed by atoms with Crippen molar-refractivity contribution in [2.24, 2.45) is 4.99 Å². The second-order valence-corrected chi connectivity index (χ2v) is 7.88. The van der Waals surface area contributed by atoms with Crippen molar-refractivity contribution >= 4 is 46.3 Å². The van der Waals surface area contributed by atoms with E-state index >= 15 is 0 Å². The van der Waals surface area contributed by atoms with Gasteiger partial charge >= 0.3 is 0 Å². The van der Waals surface area contributed by atoms with Crippen LogP contribution >= 0.6 is 34.8 Å². The van der Waals surface area contributed by atoms with Gasteiger partial charge in [0.1, 0.15) is 23.5 Å². The molecule has 1 unspecified atom stereocenters. The van der Waals surface area contributed by atoms with Crippen molar-refractivity contribution in [3.63, 3.8) is 0 Å². The molecule has 0 aromatic heterocycles. The van der Waals surface area contributed by atoms with Gasteiger partial charge in [0.15, 0.2) is 5.84 Å². The zero-order valence-electron chi connectivity index (χ0n) is 15.5. The number of rotatable bonds is 3. The predicted octanol–water partition coefficient (Wildman–Crippen LogP) is 6.01. The van der Waals surface area contributed by atoms with E-state index in [4.69, 9.17) is 39.8 Å². The van der Waals surface area contributed by atoms with E-state index in [1.54, 1.807) is 47.4 Å². The zero-order chi connectivity index (χ0) is 21.6. The molecule has 1 atom stereocenters. The Morgan fingerprint density at radius 2 is 1.57 bits per heavy atom. The highest BCUT2D eigenvalue weighted by molar-refractivity contribution is 6.35. The van der Waals surface area contributed by atoms with Crippen molar-refractivity contribution in [3.8, 4) is 11.5 Å². The third-order valence-electron chi connectivity index (χ3n) is 4.75. The highest BCUT2D eigenvalue weighted by Gasteiger charge is 2.36. The van der Waals surface area contributed by atoms with Crippen LogP contribution in [0.1, 0.15) is 17.3 Å². The van der Waals surface area contributed by atoms with E-state index in [0.29, 0.717) is 11.3 Å². The number of anilines is 1. The summed E-state index contributed by atoms with van der Waals surface area (Å²) in [4.78, 5) is 4.71. The minimum absolute atomic E-state index is 0.0513. The lowest BCUT2D eigenvalue weighted by Gasteiger charge is -2.31. The molecule has 5 nitrogen and oxygen atoms in total. The smallest absolute Gasteiger partial charge is 0.156 e. The fourth-order valence-corrected chi connectivity index (χ4v) is 3.91. The third-order valence-corrected chi connectivity index (χ3v) is 5.67. The topological polar surface area (TPSA) is 59.3 Å². The molecule has 0 fully saturated rings. The van der Waals surface area contributed by atoms with E-state index < -0.39 is 12.0 Å². The standard InChI is InChI=1S/C21H15Cl3FN3O2/c1-27-20(11-5-7-17(29)14(23)9-11)26-21(19-13(22)3-2-4-16(19)25)28(27)12-6-8-18(30)15(24)10-12/h2-10,20,29-30H,1H3. The van der Waals surface area contributed by atoms with Gasteiger partial charge in [-0.25, -0.2) is 9.38 Å². The first kappa shape index (κ1) is 20.8. The molecule has 1 aliphatic rings. The molecule has 4 rings (SSSR count). The monoisotopic (exact) mass is 465 g/mol. The SMILES string of the molecule is CN1C(c2ccc(O)c(Cl)c2)N=C(c2c(F)cccc2Cl)N1c1ccc(O)c(Cl)c1. The molecule has 154 valence electrons. The molecule has 0 radical (unpaired) electrons. The molecule has 0 saturated carbocycles. The van der Waals surface area contributed by atoms with Gasteiger partial charge < -0.3 is 10.2 Å². The van der Waals surface area contributed by atoms with Crippen molar-refractivity contribution in [3.05, 3.63) is 86.6 Å². The van der Waals surface area contributed by atoms with Crippen LogP contribution < -0.4 is 5.01 Å². The largest absolute Gasteiger partial charge is 0.506 e. The Hall–Kier alpha value is -2.51. The van der Waals surface area contributed by atoms with Crippen molar-refractivity contribution in [2.45, 2.75) is 6.17 Å². The third kappa shape index (κ3) is 3.56. The van der Waals surface area contributed by atoms with E-state index in [0.717, 1.165) is 0 Å². The molecule has 3 aromatic rings. The molecule has 0 spiro atoms. The average Bonchev–Trinajstić information content (AvgIpc) is 3.03. The maximum absolute atomic E-state index is 14.8. The summed E-state index contributed by atoms with van der Waals surface area (Å²) < 4.78 is 14.8. The first-order valence-corrected chi connectivity index (χ1v) is 9.93. The van der Waals surface area contributed by atoms with Crippen molar-refractivity contribution < 1.29 is 14.6 Å². The Morgan fingerprint density at radius 3 is 2.20 bits per heavy atom. The van der Waals surface area contributed by atoms with Crippen molar-refractivity contribution in [1.82, 2.24) is 5.01 Å². The molecule has 1 aliphatic heterocycles. The normalized spacial score (nSPS) is 16.8. The summed E-state index contributed by atoms with van der Waals surface area (Å²) in [5.41, 5.74) is 1.35. The molecule has 0 bridgehead atoms. The second kappa shape index (κ2) is 7.96. The number of hydrogen-bond donors (Lipinski definition) is 2. The molecule has 0 amide bonds. The molecule has 0 aliphatic carbocycles.